The summed E-state index contributed by atoms with van der Waals surface area (Å²) in [5.74, 6) is 0. The molecule has 0 saturated carbocycles. The van der Waals surface area contributed by atoms with Gasteiger partial charge in [-0.05, 0) is 13.5 Å². The molecule has 1 aromatic heterocycles. The zero-order valence-electron chi connectivity index (χ0n) is 12.0. The summed E-state index contributed by atoms with van der Waals surface area (Å²) in [6, 6.07) is 0.550. The molecule has 0 spiro atoms. The van der Waals surface area contributed by atoms with E-state index >= 15 is 0 Å². The monoisotopic (exact) mass is 280 g/mol. The third-order valence-corrected chi connectivity index (χ3v) is 5.38. The highest BCUT2D eigenvalue weighted by Crippen LogP contribution is 2.33. The molecule has 1 atom stereocenters. The van der Waals surface area contributed by atoms with E-state index in [1.807, 2.05) is 18.4 Å². The molecule has 4 rings (SSSR count). The number of nitrogens with one attached hydrogen (secondary N) is 1. The van der Waals surface area contributed by atoms with Crippen LogP contribution in [-0.2, 0) is 13.0 Å². The van der Waals surface area contributed by atoms with Gasteiger partial charge in [-0.15, -0.1) is 11.3 Å². The van der Waals surface area contributed by atoms with Gasteiger partial charge in [0, 0.05) is 44.1 Å². The van der Waals surface area contributed by atoms with Crippen LogP contribution in [0.15, 0.2) is 0 Å². The topological polar surface area (TPSA) is 31.4 Å². The number of aromatic nitrogens is 1. The lowest BCUT2D eigenvalue weighted by atomic mass is 10.1. The van der Waals surface area contributed by atoms with Gasteiger partial charge in [-0.1, -0.05) is 13.3 Å². The quantitative estimate of drug-likeness (QED) is 0.885. The molecule has 2 bridgehead atoms. The molecule has 4 heterocycles. The Morgan fingerprint density at radius 2 is 2.11 bits per heavy atom. The maximum Gasteiger partial charge on any atom is 0.112 e. The Morgan fingerprint density at radius 1 is 1.32 bits per heavy atom. The predicted octanol–water partition coefficient (Wildman–Crippen LogP) is 1.49. The minimum absolute atomic E-state index is 0.550. The maximum absolute atomic E-state index is 4.97. The van der Waals surface area contributed by atoms with Gasteiger partial charge >= 0.3 is 0 Å². The molecule has 3 fully saturated rings. The molecular formula is C14H24N4S. The number of hydrogen-bond donors (Lipinski definition) is 1. The van der Waals surface area contributed by atoms with Crippen LogP contribution in [0.1, 0.15) is 35.0 Å². The van der Waals surface area contributed by atoms with Crippen LogP contribution in [-0.4, -0.2) is 54.6 Å². The fourth-order valence-electron chi connectivity index (χ4n) is 3.13. The summed E-state index contributed by atoms with van der Waals surface area (Å²) in [4.78, 5) is 11.6. The van der Waals surface area contributed by atoms with Gasteiger partial charge in [0.25, 0.3) is 0 Å². The van der Waals surface area contributed by atoms with Crippen molar-refractivity contribution in [3.63, 3.8) is 0 Å². The van der Waals surface area contributed by atoms with Gasteiger partial charge < -0.3 is 5.32 Å². The number of aryl methyl sites for hydroxylation is 1. The fourth-order valence-corrected chi connectivity index (χ4v) is 4.38. The maximum atomic E-state index is 4.97. The summed E-state index contributed by atoms with van der Waals surface area (Å²) in [5, 5.41) is 4.62. The van der Waals surface area contributed by atoms with E-state index in [4.69, 9.17) is 4.98 Å². The van der Waals surface area contributed by atoms with Crippen LogP contribution in [0.4, 0.5) is 0 Å². The first-order valence-corrected chi connectivity index (χ1v) is 8.23. The number of fused-ring (bicyclic) bond motifs is 3. The highest BCUT2D eigenvalue weighted by Gasteiger charge is 2.34. The van der Waals surface area contributed by atoms with Gasteiger partial charge in [-0.25, -0.2) is 4.98 Å². The van der Waals surface area contributed by atoms with Crippen molar-refractivity contribution in [3.05, 3.63) is 15.6 Å². The van der Waals surface area contributed by atoms with Crippen molar-refractivity contribution in [1.82, 2.24) is 20.1 Å². The van der Waals surface area contributed by atoms with E-state index in [9.17, 15) is 0 Å². The lowest BCUT2D eigenvalue weighted by Crippen LogP contribution is -2.56. The first kappa shape index (κ1) is 13.5. The normalized spacial score (nSPS) is 29.9. The zero-order chi connectivity index (χ0) is 13.2. The first-order valence-electron chi connectivity index (χ1n) is 7.41. The van der Waals surface area contributed by atoms with Crippen LogP contribution in [0.3, 0.4) is 0 Å². The van der Waals surface area contributed by atoms with Crippen LogP contribution in [0.5, 0.6) is 0 Å². The number of rotatable bonds is 5. The molecule has 1 unspecified atom stereocenters. The molecule has 0 aliphatic carbocycles. The van der Waals surface area contributed by atoms with Gasteiger partial charge in [0.15, 0.2) is 0 Å². The largest absolute Gasteiger partial charge is 0.315 e. The van der Waals surface area contributed by atoms with Crippen molar-refractivity contribution in [2.75, 3.05) is 39.8 Å². The van der Waals surface area contributed by atoms with Crippen molar-refractivity contribution < 1.29 is 0 Å². The van der Waals surface area contributed by atoms with Gasteiger partial charge in [0.2, 0.25) is 0 Å². The number of nitrogens with zero attached hydrogens (tertiary/aromatic N) is 3. The third kappa shape index (κ3) is 2.70. The van der Waals surface area contributed by atoms with Crippen LogP contribution >= 0.6 is 11.3 Å². The molecule has 3 saturated heterocycles. The van der Waals surface area contributed by atoms with E-state index in [0.717, 1.165) is 13.0 Å². The third-order valence-electron chi connectivity index (χ3n) is 4.18. The van der Waals surface area contributed by atoms with E-state index < -0.39 is 0 Å². The minimum atomic E-state index is 0.550. The van der Waals surface area contributed by atoms with Crippen LogP contribution in [0.2, 0.25) is 0 Å². The molecule has 3 aliphatic heterocycles. The average molecular weight is 280 g/mol. The Balaban J connectivity index is 1.82. The summed E-state index contributed by atoms with van der Waals surface area (Å²) in [5.41, 5.74) is 1.33. The molecule has 1 N–H and O–H groups in total. The van der Waals surface area contributed by atoms with Crippen molar-refractivity contribution in [2.24, 2.45) is 0 Å². The second-order valence-corrected chi connectivity index (χ2v) is 6.67. The van der Waals surface area contributed by atoms with Gasteiger partial charge in [-0.3, -0.25) is 9.80 Å². The Hall–Kier alpha value is -0.490. The predicted molar refractivity (Wildman–Crippen MR) is 79.6 cm³/mol. The second kappa shape index (κ2) is 5.87. The van der Waals surface area contributed by atoms with Crippen molar-refractivity contribution >= 4 is 11.3 Å². The molecule has 19 heavy (non-hydrogen) atoms. The van der Waals surface area contributed by atoms with Crippen LogP contribution < -0.4 is 5.32 Å². The van der Waals surface area contributed by atoms with Crippen LogP contribution in [0, 0.1) is 0 Å². The molecule has 3 aliphatic rings. The smallest absolute Gasteiger partial charge is 0.112 e. The number of hydrogen-bond acceptors (Lipinski definition) is 5. The van der Waals surface area contributed by atoms with Crippen molar-refractivity contribution in [2.45, 2.75) is 32.4 Å². The summed E-state index contributed by atoms with van der Waals surface area (Å²) in [7, 11) is 2.02. The molecule has 1 aromatic rings. The summed E-state index contributed by atoms with van der Waals surface area (Å²) < 4.78 is 0. The molecule has 106 valence electrons. The molecule has 0 radical (unpaired) electrons. The Labute approximate surface area is 119 Å². The standard InChI is InChI=1S/C14H24N4S/c1-3-4-11-13(9-15-2)19-14(16-11)12-10-17-5-7-18(12)8-6-17/h12,15H,3-10H2,1-2H3. The molecule has 0 amide bonds. The zero-order valence-corrected chi connectivity index (χ0v) is 12.8. The van der Waals surface area contributed by atoms with Crippen LogP contribution in [0.25, 0.3) is 0 Å². The lowest BCUT2D eigenvalue weighted by molar-refractivity contribution is 0.0122. The minimum Gasteiger partial charge on any atom is -0.315 e. The van der Waals surface area contributed by atoms with Gasteiger partial charge in [0.1, 0.15) is 5.01 Å². The van der Waals surface area contributed by atoms with E-state index in [1.165, 1.54) is 54.7 Å². The van der Waals surface area contributed by atoms with Gasteiger partial charge in [0.05, 0.1) is 11.7 Å². The summed E-state index contributed by atoms with van der Waals surface area (Å²) in [6.45, 7) is 9.30. The molecular weight excluding hydrogens is 256 g/mol. The summed E-state index contributed by atoms with van der Waals surface area (Å²) in [6.07, 6.45) is 2.30. The van der Waals surface area contributed by atoms with Crippen molar-refractivity contribution in [3.8, 4) is 0 Å². The van der Waals surface area contributed by atoms with Gasteiger partial charge in [-0.2, -0.15) is 0 Å². The van der Waals surface area contributed by atoms with E-state index in [0.29, 0.717) is 6.04 Å². The SMILES string of the molecule is CCCc1nc(C2CN3CCN2CC3)sc1CNC. The van der Waals surface area contributed by atoms with Crippen molar-refractivity contribution in [1.29, 1.82) is 0 Å². The second-order valence-electron chi connectivity index (χ2n) is 5.55. The van der Waals surface area contributed by atoms with E-state index in [-0.39, 0.29) is 0 Å². The number of piperazine rings is 3. The molecule has 5 heteroatoms. The van der Waals surface area contributed by atoms with E-state index in [1.54, 1.807) is 0 Å². The fraction of sp³-hybridized carbons (Fsp3) is 0.786. The first-order chi connectivity index (χ1) is 9.31. The molecule has 0 aromatic carbocycles. The average Bonchev–Trinajstić information content (AvgIpc) is 2.84. The number of thiazole rings is 1. The highest BCUT2D eigenvalue weighted by molar-refractivity contribution is 7.11. The summed E-state index contributed by atoms with van der Waals surface area (Å²) >= 11 is 1.93. The Kier molecular flexibility index (Phi) is 4.17. The lowest BCUT2D eigenvalue weighted by Gasteiger charge is -2.46. The van der Waals surface area contributed by atoms with E-state index in [2.05, 4.69) is 22.0 Å². The highest BCUT2D eigenvalue weighted by atomic mass is 32.1. The Bertz CT molecular complexity index is 400. The molecule has 4 nitrogen and oxygen atoms in total. The Morgan fingerprint density at radius 3 is 2.68 bits per heavy atom.